The second kappa shape index (κ2) is 6.12. The highest BCUT2D eigenvalue weighted by atomic mass is 16.7. The Balaban J connectivity index is 2.01. The van der Waals surface area contributed by atoms with Crippen molar-refractivity contribution in [3.05, 3.63) is 23.9 Å². The molecule has 1 aromatic rings. The van der Waals surface area contributed by atoms with E-state index in [0.717, 1.165) is 5.71 Å². The first kappa shape index (κ1) is 14.6. The number of imide groups is 1. The molecule has 0 aliphatic carbocycles. The third kappa shape index (κ3) is 3.62. The van der Waals surface area contributed by atoms with Crippen molar-refractivity contribution in [1.82, 2.24) is 10.0 Å². The number of carbonyl (C=O) groups excluding carboxylic acids is 3. The molecule has 1 N–H and O–H groups in total. The Morgan fingerprint density at radius 3 is 2.48 bits per heavy atom. The van der Waals surface area contributed by atoms with E-state index >= 15 is 0 Å². The third-order valence-corrected chi connectivity index (χ3v) is 2.57. The second-order valence-corrected chi connectivity index (χ2v) is 4.56. The standard InChI is InChI=1S/C13H14N4O4/c1-8(2)15-16-10-4-3-9(7-14-10)13(20)21-17-11(18)5-6-12(17)19/h3-4,7H,5-6H2,1-2H3,(H,14,16). The van der Waals surface area contributed by atoms with Crippen molar-refractivity contribution in [1.29, 1.82) is 0 Å². The van der Waals surface area contributed by atoms with Crippen LogP contribution in [0.1, 0.15) is 37.0 Å². The molecule has 0 saturated carbocycles. The maximum atomic E-state index is 11.8. The van der Waals surface area contributed by atoms with Gasteiger partial charge in [-0.1, -0.05) is 0 Å². The van der Waals surface area contributed by atoms with Crippen LogP contribution < -0.4 is 5.43 Å². The molecule has 110 valence electrons. The zero-order valence-electron chi connectivity index (χ0n) is 11.6. The molecule has 1 aromatic heterocycles. The molecule has 0 unspecified atom stereocenters. The van der Waals surface area contributed by atoms with E-state index in [0.29, 0.717) is 10.9 Å². The van der Waals surface area contributed by atoms with Crippen molar-refractivity contribution in [3.63, 3.8) is 0 Å². The quantitative estimate of drug-likeness (QED) is 0.506. The first-order chi connectivity index (χ1) is 9.97. The fourth-order valence-corrected chi connectivity index (χ4v) is 1.54. The van der Waals surface area contributed by atoms with Crippen LogP contribution in [0.5, 0.6) is 0 Å². The zero-order chi connectivity index (χ0) is 15.4. The van der Waals surface area contributed by atoms with Crippen LogP contribution in [0.4, 0.5) is 5.82 Å². The van der Waals surface area contributed by atoms with Crippen molar-refractivity contribution in [2.45, 2.75) is 26.7 Å². The number of carbonyl (C=O) groups is 3. The van der Waals surface area contributed by atoms with Gasteiger partial charge in [-0.25, -0.2) is 9.78 Å². The number of nitrogens with zero attached hydrogens (tertiary/aromatic N) is 3. The van der Waals surface area contributed by atoms with E-state index in [-0.39, 0.29) is 18.4 Å². The summed E-state index contributed by atoms with van der Waals surface area (Å²) in [7, 11) is 0. The van der Waals surface area contributed by atoms with Gasteiger partial charge in [-0.2, -0.15) is 5.10 Å². The summed E-state index contributed by atoms with van der Waals surface area (Å²) in [5.74, 6) is -1.39. The molecule has 1 aliphatic heterocycles. The van der Waals surface area contributed by atoms with Gasteiger partial charge in [0.1, 0.15) is 5.82 Å². The van der Waals surface area contributed by atoms with Crippen LogP contribution in [0.25, 0.3) is 0 Å². The van der Waals surface area contributed by atoms with Gasteiger partial charge in [-0.3, -0.25) is 15.0 Å². The summed E-state index contributed by atoms with van der Waals surface area (Å²) in [5, 5.41) is 4.46. The molecular formula is C13H14N4O4. The molecule has 21 heavy (non-hydrogen) atoms. The summed E-state index contributed by atoms with van der Waals surface area (Å²) in [5.41, 5.74) is 3.66. The van der Waals surface area contributed by atoms with Gasteiger partial charge in [0, 0.05) is 24.8 Å². The van der Waals surface area contributed by atoms with Crippen molar-refractivity contribution in [2.24, 2.45) is 5.10 Å². The minimum Gasteiger partial charge on any atom is -0.325 e. The number of rotatable bonds is 4. The Hall–Kier alpha value is -2.77. The molecular weight excluding hydrogens is 276 g/mol. The van der Waals surface area contributed by atoms with Gasteiger partial charge in [0.2, 0.25) is 0 Å². The minimum atomic E-state index is -0.812. The number of hydrogen-bond acceptors (Lipinski definition) is 7. The van der Waals surface area contributed by atoms with Crippen LogP contribution in [-0.4, -0.2) is 33.5 Å². The van der Waals surface area contributed by atoms with Gasteiger partial charge in [0.25, 0.3) is 11.8 Å². The molecule has 0 spiro atoms. The largest absolute Gasteiger partial charge is 0.365 e. The SMILES string of the molecule is CC(C)=NNc1ccc(C(=O)ON2C(=O)CCC2=O)cn1. The van der Waals surface area contributed by atoms with E-state index in [1.807, 2.05) is 13.8 Å². The molecule has 0 atom stereocenters. The maximum Gasteiger partial charge on any atom is 0.365 e. The summed E-state index contributed by atoms with van der Waals surface area (Å²) < 4.78 is 0. The normalized spacial score (nSPS) is 14.1. The van der Waals surface area contributed by atoms with Gasteiger partial charge in [-0.15, -0.1) is 5.06 Å². The number of amides is 2. The summed E-state index contributed by atoms with van der Waals surface area (Å²) >= 11 is 0. The molecule has 2 rings (SSSR count). The predicted molar refractivity (Wildman–Crippen MR) is 73.1 cm³/mol. The molecule has 2 amide bonds. The summed E-state index contributed by atoms with van der Waals surface area (Å²) in [6, 6.07) is 3.00. The minimum absolute atomic E-state index is 0.0571. The van der Waals surface area contributed by atoms with Crippen molar-refractivity contribution < 1.29 is 19.2 Å². The number of anilines is 1. The van der Waals surface area contributed by atoms with Gasteiger partial charge in [0.05, 0.1) is 5.56 Å². The van der Waals surface area contributed by atoms with Gasteiger partial charge < -0.3 is 4.84 Å². The van der Waals surface area contributed by atoms with E-state index in [4.69, 9.17) is 4.84 Å². The fraction of sp³-hybridized carbons (Fsp3) is 0.308. The molecule has 8 heteroatoms. The summed E-state index contributed by atoms with van der Waals surface area (Å²) in [6.45, 7) is 3.64. The first-order valence-corrected chi connectivity index (χ1v) is 6.28. The number of aromatic nitrogens is 1. The summed E-state index contributed by atoms with van der Waals surface area (Å²) in [4.78, 5) is 43.2. The molecule has 8 nitrogen and oxygen atoms in total. The van der Waals surface area contributed by atoms with E-state index in [1.165, 1.54) is 18.3 Å². The molecule has 1 aliphatic rings. The van der Waals surface area contributed by atoms with E-state index in [2.05, 4.69) is 15.5 Å². The van der Waals surface area contributed by atoms with Crippen molar-refractivity contribution in [2.75, 3.05) is 5.43 Å². The fourth-order valence-electron chi connectivity index (χ4n) is 1.54. The van der Waals surface area contributed by atoms with Crippen LogP contribution >= 0.6 is 0 Å². The van der Waals surface area contributed by atoms with Crippen LogP contribution in [0, 0.1) is 0 Å². The number of hydrogen-bond donors (Lipinski definition) is 1. The smallest absolute Gasteiger partial charge is 0.325 e. The van der Waals surface area contributed by atoms with Crippen LogP contribution in [-0.2, 0) is 14.4 Å². The van der Waals surface area contributed by atoms with Crippen LogP contribution in [0.3, 0.4) is 0 Å². The number of nitrogens with one attached hydrogen (secondary N) is 1. The molecule has 0 radical (unpaired) electrons. The molecule has 0 bridgehead atoms. The lowest BCUT2D eigenvalue weighted by Crippen LogP contribution is -2.32. The highest BCUT2D eigenvalue weighted by Gasteiger charge is 2.33. The highest BCUT2D eigenvalue weighted by Crippen LogP contribution is 2.14. The van der Waals surface area contributed by atoms with Crippen molar-refractivity contribution in [3.8, 4) is 0 Å². The first-order valence-electron chi connectivity index (χ1n) is 6.28. The van der Waals surface area contributed by atoms with E-state index < -0.39 is 17.8 Å². The van der Waals surface area contributed by atoms with Crippen LogP contribution in [0.15, 0.2) is 23.4 Å². The molecule has 0 aromatic carbocycles. The Bertz CT molecular complexity index is 589. The number of pyridine rings is 1. The lowest BCUT2D eigenvalue weighted by atomic mass is 10.3. The topological polar surface area (TPSA) is 101 Å². The predicted octanol–water partition coefficient (Wildman–Crippen LogP) is 1.11. The lowest BCUT2D eigenvalue weighted by Gasteiger charge is -2.12. The highest BCUT2D eigenvalue weighted by molar-refractivity contribution is 6.02. The zero-order valence-corrected chi connectivity index (χ0v) is 11.6. The Morgan fingerprint density at radius 1 is 1.29 bits per heavy atom. The Labute approximate surface area is 120 Å². The number of hydroxylamine groups is 2. The van der Waals surface area contributed by atoms with Gasteiger partial charge >= 0.3 is 5.97 Å². The molecule has 1 fully saturated rings. The van der Waals surface area contributed by atoms with Crippen LogP contribution in [0.2, 0.25) is 0 Å². The molecule has 1 saturated heterocycles. The summed E-state index contributed by atoms with van der Waals surface area (Å²) in [6.07, 6.45) is 1.39. The van der Waals surface area contributed by atoms with Gasteiger partial charge in [0.15, 0.2) is 0 Å². The lowest BCUT2D eigenvalue weighted by molar-refractivity contribution is -0.172. The monoisotopic (exact) mass is 290 g/mol. The number of hydrazone groups is 1. The Morgan fingerprint density at radius 2 is 1.95 bits per heavy atom. The maximum absolute atomic E-state index is 11.8. The van der Waals surface area contributed by atoms with Gasteiger partial charge in [-0.05, 0) is 26.0 Å². The third-order valence-electron chi connectivity index (χ3n) is 2.57. The van der Waals surface area contributed by atoms with E-state index in [1.54, 1.807) is 0 Å². The van der Waals surface area contributed by atoms with Crippen molar-refractivity contribution >= 4 is 29.3 Å². The average molecular weight is 290 g/mol. The molecule has 2 heterocycles. The Kier molecular flexibility index (Phi) is 4.27. The van der Waals surface area contributed by atoms with E-state index in [9.17, 15) is 14.4 Å². The second-order valence-electron chi connectivity index (χ2n) is 4.56. The average Bonchev–Trinajstić information content (AvgIpc) is 2.77.